The Labute approximate surface area is 141 Å². The van der Waals surface area contributed by atoms with Gasteiger partial charge in [0, 0.05) is 12.7 Å². The van der Waals surface area contributed by atoms with Crippen LogP contribution in [-0.4, -0.2) is 42.6 Å². The largest absolute Gasteiger partial charge is 0.480 e. The smallest absolute Gasteiger partial charge is 0.326 e. The lowest BCUT2D eigenvalue weighted by molar-refractivity contribution is -0.142. The predicted octanol–water partition coefficient (Wildman–Crippen LogP) is 1.18. The van der Waals surface area contributed by atoms with E-state index in [2.05, 4.69) is 10.6 Å². The molecule has 1 aromatic rings. The van der Waals surface area contributed by atoms with Crippen molar-refractivity contribution in [1.29, 1.82) is 0 Å². The van der Waals surface area contributed by atoms with Gasteiger partial charge in [-0.25, -0.2) is 4.79 Å². The van der Waals surface area contributed by atoms with Crippen LogP contribution in [0.1, 0.15) is 36.2 Å². The van der Waals surface area contributed by atoms with Gasteiger partial charge in [0.2, 0.25) is 5.91 Å². The average molecular weight is 336 g/mol. The summed E-state index contributed by atoms with van der Waals surface area (Å²) in [6.45, 7) is 3.92. The Balaban J connectivity index is 2.50. The second-order valence-electron chi connectivity index (χ2n) is 5.90. The molecular formula is C17H24N2O5. The van der Waals surface area contributed by atoms with E-state index in [-0.39, 0.29) is 12.5 Å². The molecule has 0 bridgehead atoms. The van der Waals surface area contributed by atoms with Gasteiger partial charge in [0.25, 0.3) is 5.91 Å². The lowest BCUT2D eigenvalue weighted by Crippen LogP contribution is -2.46. The lowest BCUT2D eigenvalue weighted by Gasteiger charge is -2.16. The normalized spacial score (nSPS) is 11.8. The number of nitrogens with one attached hydrogen (secondary N) is 2. The second-order valence-corrected chi connectivity index (χ2v) is 5.90. The molecule has 3 N–H and O–H groups in total. The number of carboxylic acid groups (broad SMARTS) is 1. The van der Waals surface area contributed by atoms with Gasteiger partial charge in [-0.05, 0) is 30.0 Å². The summed E-state index contributed by atoms with van der Waals surface area (Å²) in [6.07, 6.45) is 0.329. The van der Waals surface area contributed by atoms with Gasteiger partial charge in [0.05, 0.1) is 13.2 Å². The fraction of sp³-hybridized carbons (Fsp3) is 0.471. The van der Waals surface area contributed by atoms with Crippen molar-refractivity contribution in [3.8, 4) is 0 Å². The molecule has 0 aliphatic heterocycles. The van der Waals surface area contributed by atoms with Crippen LogP contribution in [0.15, 0.2) is 24.3 Å². The summed E-state index contributed by atoms with van der Waals surface area (Å²) in [7, 11) is 1.59. The summed E-state index contributed by atoms with van der Waals surface area (Å²) in [4.78, 5) is 34.9. The van der Waals surface area contributed by atoms with Crippen LogP contribution in [0, 0.1) is 5.92 Å². The number of carbonyl (C=O) groups is 3. The first-order valence-corrected chi connectivity index (χ1v) is 7.71. The van der Waals surface area contributed by atoms with E-state index in [0.29, 0.717) is 18.6 Å². The van der Waals surface area contributed by atoms with E-state index >= 15 is 0 Å². The van der Waals surface area contributed by atoms with Crippen LogP contribution in [-0.2, 0) is 20.9 Å². The molecule has 2 amide bonds. The zero-order valence-corrected chi connectivity index (χ0v) is 14.2. The standard InChI is InChI=1S/C17H24N2O5/c1-11(2)8-14(17(22)23)19-15(20)9-18-16(21)13-6-4-12(5-7-13)10-24-3/h4-7,11,14H,8-10H2,1-3H3,(H,18,21)(H,19,20)(H,22,23)/t14-/m0/s1. The molecule has 1 aromatic carbocycles. The number of rotatable bonds is 9. The third kappa shape index (κ3) is 6.78. The summed E-state index contributed by atoms with van der Waals surface area (Å²) in [5.74, 6) is -1.89. The highest BCUT2D eigenvalue weighted by atomic mass is 16.5. The maximum Gasteiger partial charge on any atom is 0.326 e. The molecule has 0 fully saturated rings. The number of benzene rings is 1. The monoisotopic (exact) mass is 336 g/mol. The van der Waals surface area contributed by atoms with Crippen LogP contribution in [0.4, 0.5) is 0 Å². The summed E-state index contributed by atoms with van der Waals surface area (Å²) >= 11 is 0. The highest BCUT2D eigenvalue weighted by molar-refractivity contribution is 5.96. The molecule has 0 heterocycles. The minimum Gasteiger partial charge on any atom is -0.480 e. The Kier molecular flexibility index (Phi) is 7.91. The number of aliphatic carboxylic acids is 1. The van der Waals surface area contributed by atoms with Crippen molar-refractivity contribution in [2.75, 3.05) is 13.7 Å². The van der Waals surface area contributed by atoms with Gasteiger partial charge in [0.15, 0.2) is 0 Å². The molecule has 7 heteroatoms. The molecular weight excluding hydrogens is 312 g/mol. The van der Waals surface area contributed by atoms with Gasteiger partial charge in [-0.2, -0.15) is 0 Å². The van der Waals surface area contributed by atoms with Gasteiger partial charge >= 0.3 is 5.97 Å². The number of carboxylic acids is 1. The third-order valence-corrected chi connectivity index (χ3v) is 3.28. The van der Waals surface area contributed by atoms with Crippen molar-refractivity contribution < 1.29 is 24.2 Å². The summed E-state index contributed by atoms with van der Waals surface area (Å²) in [5.41, 5.74) is 1.35. The van der Waals surface area contributed by atoms with Crippen molar-refractivity contribution in [3.05, 3.63) is 35.4 Å². The number of hydrogen-bond donors (Lipinski definition) is 3. The molecule has 7 nitrogen and oxygen atoms in total. The third-order valence-electron chi connectivity index (χ3n) is 3.28. The molecule has 0 saturated carbocycles. The molecule has 0 unspecified atom stereocenters. The Bertz CT molecular complexity index is 569. The zero-order valence-electron chi connectivity index (χ0n) is 14.2. The molecule has 0 saturated heterocycles. The van der Waals surface area contributed by atoms with E-state index in [9.17, 15) is 14.4 Å². The maximum atomic E-state index is 12.0. The number of methoxy groups -OCH3 is 1. The van der Waals surface area contributed by atoms with E-state index in [1.165, 1.54) is 0 Å². The first-order chi connectivity index (χ1) is 11.3. The predicted molar refractivity (Wildman–Crippen MR) is 88.5 cm³/mol. The Morgan fingerprint density at radius 2 is 1.79 bits per heavy atom. The first-order valence-electron chi connectivity index (χ1n) is 7.71. The van der Waals surface area contributed by atoms with E-state index in [0.717, 1.165) is 5.56 Å². The summed E-state index contributed by atoms with van der Waals surface area (Å²) in [6, 6.07) is 5.85. The van der Waals surface area contributed by atoms with Crippen molar-refractivity contribution in [2.24, 2.45) is 5.92 Å². The number of hydrogen-bond acceptors (Lipinski definition) is 4. The molecule has 0 aliphatic carbocycles. The molecule has 0 spiro atoms. The number of carbonyl (C=O) groups excluding carboxylic acids is 2. The van der Waals surface area contributed by atoms with Gasteiger partial charge < -0.3 is 20.5 Å². The summed E-state index contributed by atoms with van der Waals surface area (Å²) in [5, 5.41) is 14.0. The van der Waals surface area contributed by atoms with Crippen LogP contribution < -0.4 is 10.6 Å². The molecule has 0 aromatic heterocycles. The van der Waals surface area contributed by atoms with Crippen LogP contribution in [0.25, 0.3) is 0 Å². The topological polar surface area (TPSA) is 105 Å². The average Bonchev–Trinajstić information content (AvgIpc) is 2.52. The number of ether oxygens (including phenoxy) is 1. The maximum absolute atomic E-state index is 12.0. The van der Waals surface area contributed by atoms with Crippen LogP contribution in [0.5, 0.6) is 0 Å². The van der Waals surface area contributed by atoms with E-state index in [1.54, 1.807) is 31.4 Å². The SMILES string of the molecule is COCc1ccc(C(=O)NCC(=O)N[C@@H](CC(C)C)C(=O)O)cc1. The Hall–Kier alpha value is -2.41. The minimum absolute atomic E-state index is 0.131. The van der Waals surface area contributed by atoms with E-state index < -0.39 is 23.8 Å². The van der Waals surface area contributed by atoms with Crippen molar-refractivity contribution in [3.63, 3.8) is 0 Å². The van der Waals surface area contributed by atoms with Gasteiger partial charge in [-0.3, -0.25) is 9.59 Å². The van der Waals surface area contributed by atoms with E-state index in [4.69, 9.17) is 9.84 Å². The highest BCUT2D eigenvalue weighted by Gasteiger charge is 2.21. The molecule has 0 radical (unpaired) electrons. The van der Waals surface area contributed by atoms with Gasteiger partial charge in [0.1, 0.15) is 6.04 Å². The molecule has 1 rings (SSSR count). The lowest BCUT2D eigenvalue weighted by atomic mass is 10.0. The molecule has 24 heavy (non-hydrogen) atoms. The fourth-order valence-electron chi connectivity index (χ4n) is 2.12. The Morgan fingerprint density at radius 1 is 1.17 bits per heavy atom. The quantitative estimate of drug-likeness (QED) is 0.628. The number of amides is 2. The zero-order chi connectivity index (χ0) is 18.1. The first kappa shape index (κ1) is 19.6. The Morgan fingerprint density at radius 3 is 2.29 bits per heavy atom. The van der Waals surface area contributed by atoms with E-state index in [1.807, 2.05) is 13.8 Å². The van der Waals surface area contributed by atoms with Gasteiger partial charge in [-0.1, -0.05) is 26.0 Å². The molecule has 1 atom stereocenters. The molecule has 132 valence electrons. The van der Waals surface area contributed by atoms with Crippen LogP contribution >= 0.6 is 0 Å². The van der Waals surface area contributed by atoms with Crippen molar-refractivity contribution in [1.82, 2.24) is 10.6 Å². The summed E-state index contributed by atoms with van der Waals surface area (Å²) < 4.78 is 4.99. The molecule has 0 aliphatic rings. The van der Waals surface area contributed by atoms with Crippen LogP contribution in [0.2, 0.25) is 0 Å². The highest BCUT2D eigenvalue weighted by Crippen LogP contribution is 2.06. The van der Waals surface area contributed by atoms with Gasteiger partial charge in [-0.15, -0.1) is 0 Å². The van der Waals surface area contributed by atoms with Crippen LogP contribution in [0.3, 0.4) is 0 Å². The fourth-order valence-corrected chi connectivity index (χ4v) is 2.12. The second kappa shape index (κ2) is 9.67. The minimum atomic E-state index is -1.09. The van der Waals surface area contributed by atoms with Crippen molar-refractivity contribution >= 4 is 17.8 Å². The van der Waals surface area contributed by atoms with Crippen molar-refractivity contribution in [2.45, 2.75) is 32.9 Å².